The fourth-order valence-corrected chi connectivity index (χ4v) is 3.64. The Morgan fingerprint density at radius 2 is 1.76 bits per heavy atom. The summed E-state index contributed by atoms with van der Waals surface area (Å²) in [5, 5.41) is 0. The molecule has 2 aromatic rings. The van der Waals surface area contributed by atoms with Crippen molar-refractivity contribution in [2.45, 2.75) is 18.9 Å². The van der Waals surface area contributed by atoms with Crippen LogP contribution in [0.3, 0.4) is 0 Å². The van der Waals surface area contributed by atoms with Crippen LogP contribution < -0.4 is 0 Å². The maximum Gasteiger partial charge on any atom is 0.254 e. The lowest BCUT2D eigenvalue weighted by molar-refractivity contribution is 0.0677. The molecule has 2 nitrogen and oxygen atoms in total. The zero-order valence-electron chi connectivity index (χ0n) is 12.1. The summed E-state index contributed by atoms with van der Waals surface area (Å²) in [6.45, 7) is 3.71. The van der Waals surface area contributed by atoms with Gasteiger partial charge in [-0.3, -0.25) is 4.79 Å². The molecule has 0 aliphatic carbocycles. The first kappa shape index (κ1) is 14.6. The highest BCUT2D eigenvalue weighted by molar-refractivity contribution is 14.1. The summed E-state index contributed by atoms with van der Waals surface area (Å²) in [5.74, 6) is 0.150. The van der Waals surface area contributed by atoms with Crippen molar-refractivity contribution in [3.63, 3.8) is 0 Å². The standard InChI is InChI=1S/C18H18INO/c1-18(12-19)13-20(11-14-7-3-2-4-8-14)17(21)15-9-5-6-10-16(15)18/h2-10H,11-13H2,1H3. The van der Waals surface area contributed by atoms with Crippen molar-refractivity contribution in [2.75, 3.05) is 11.0 Å². The quantitative estimate of drug-likeness (QED) is 0.572. The molecule has 0 bridgehead atoms. The summed E-state index contributed by atoms with van der Waals surface area (Å²) in [5.41, 5.74) is 3.26. The Balaban J connectivity index is 1.97. The van der Waals surface area contributed by atoms with Gasteiger partial charge in [-0.1, -0.05) is 78.0 Å². The Hall–Kier alpha value is -1.36. The number of halogens is 1. The zero-order valence-corrected chi connectivity index (χ0v) is 14.2. The number of benzene rings is 2. The largest absolute Gasteiger partial charge is 0.333 e. The summed E-state index contributed by atoms with van der Waals surface area (Å²) in [4.78, 5) is 14.7. The lowest BCUT2D eigenvalue weighted by Gasteiger charge is -2.41. The number of carbonyl (C=O) groups excluding carboxylic acids is 1. The van der Waals surface area contributed by atoms with Crippen molar-refractivity contribution in [3.8, 4) is 0 Å². The van der Waals surface area contributed by atoms with Crippen LogP contribution in [-0.4, -0.2) is 21.8 Å². The number of hydrogen-bond acceptors (Lipinski definition) is 1. The van der Waals surface area contributed by atoms with Crippen molar-refractivity contribution >= 4 is 28.5 Å². The number of hydrogen-bond donors (Lipinski definition) is 0. The summed E-state index contributed by atoms with van der Waals surface area (Å²) in [6, 6.07) is 18.3. The first-order valence-corrected chi connectivity index (χ1v) is 8.65. The van der Waals surface area contributed by atoms with Crippen LogP contribution >= 0.6 is 22.6 Å². The van der Waals surface area contributed by atoms with Gasteiger partial charge < -0.3 is 4.90 Å². The molecule has 0 spiro atoms. The van der Waals surface area contributed by atoms with Gasteiger partial charge in [-0.25, -0.2) is 0 Å². The van der Waals surface area contributed by atoms with E-state index in [0.29, 0.717) is 6.54 Å². The molecule has 0 fully saturated rings. The van der Waals surface area contributed by atoms with E-state index in [0.717, 1.165) is 16.5 Å². The topological polar surface area (TPSA) is 20.3 Å². The predicted octanol–water partition coefficient (Wildman–Crippen LogP) is 4.04. The SMILES string of the molecule is CC1(CI)CN(Cc2ccccc2)C(=O)c2ccccc21. The molecule has 1 aliphatic heterocycles. The van der Waals surface area contributed by atoms with Crippen LogP contribution in [0.25, 0.3) is 0 Å². The van der Waals surface area contributed by atoms with Crippen LogP contribution in [0.1, 0.15) is 28.4 Å². The highest BCUT2D eigenvalue weighted by Gasteiger charge is 2.38. The molecule has 0 saturated heterocycles. The first-order chi connectivity index (χ1) is 10.1. The normalized spacial score (nSPS) is 21.2. The van der Waals surface area contributed by atoms with E-state index in [1.54, 1.807) is 0 Å². The van der Waals surface area contributed by atoms with Gasteiger partial charge in [-0.2, -0.15) is 0 Å². The second-order valence-electron chi connectivity index (χ2n) is 5.89. The lowest BCUT2D eigenvalue weighted by Crippen LogP contribution is -2.48. The minimum Gasteiger partial charge on any atom is -0.333 e. The number of nitrogens with zero attached hydrogens (tertiary/aromatic N) is 1. The van der Waals surface area contributed by atoms with Gasteiger partial charge in [0, 0.05) is 28.5 Å². The molecule has 1 unspecified atom stereocenters. The van der Waals surface area contributed by atoms with Gasteiger partial charge in [-0.15, -0.1) is 0 Å². The second-order valence-corrected chi connectivity index (χ2v) is 6.65. The summed E-state index contributed by atoms with van der Waals surface area (Å²) >= 11 is 2.43. The van der Waals surface area contributed by atoms with E-state index in [-0.39, 0.29) is 11.3 Å². The molecule has 1 atom stereocenters. The minimum atomic E-state index is 0.0276. The molecular weight excluding hydrogens is 373 g/mol. The molecule has 1 aliphatic rings. The monoisotopic (exact) mass is 391 g/mol. The van der Waals surface area contributed by atoms with E-state index >= 15 is 0 Å². The summed E-state index contributed by atoms with van der Waals surface area (Å²) in [6.07, 6.45) is 0. The van der Waals surface area contributed by atoms with Crippen LogP contribution in [0.4, 0.5) is 0 Å². The molecule has 0 saturated carbocycles. The van der Waals surface area contributed by atoms with Crippen LogP contribution in [0.5, 0.6) is 0 Å². The third-order valence-corrected chi connectivity index (χ3v) is 5.83. The molecule has 1 amide bonds. The Bertz CT molecular complexity index is 655. The Morgan fingerprint density at radius 3 is 2.48 bits per heavy atom. The van der Waals surface area contributed by atoms with E-state index in [4.69, 9.17) is 0 Å². The van der Waals surface area contributed by atoms with Gasteiger partial charge in [0.25, 0.3) is 5.91 Å². The Morgan fingerprint density at radius 1 is 1.10 bits per heavy atom. The highest BCUT2D eigenvalue weighted by Crippen LogP contribution is 2.35. The number of alkyl halides is 1. The predicted molar refractivity (Wildman–Crippen MR) is 93.9 cm³/mol. The van der Waals surface area contributed by atoms with Crippen molar-refractivity contribution in [2.24, 2.45) is 0 Å². The van der Waals surface area contributed by atoms with Gasteiger partial charge in [-0.05, 0) is 17.2 Å². The van der Waals surface area contributed by atoms with Gasteiger partial charge in [0.05, 0.1) is 0 Å². The van der Waals surface area contributed by atoms with Gasteiger partial charge in [0.1, 0.15) is 0 Å². The molecular formula is C18H18INO. The molecule has 0 radical (unpaired) electrons. The van der Waals surface area contributed by atoms with E-state index in [9.17, 15) is 4.79 Å². The molecule has 2 aromatic carbocycles. The van der Waals surface area contributed by atoms with Crippen molar-refractivity contribution in [1.29, 1.82) is 0 Å². The fraction of sp³-hybridized carbons (Fsp3) is 0.278. The van der Waals surface area contributed by atoms with E-state index < -0.39 is 0 Å². The zero-order chi connectivity index (χ0) is 14.9. The molecule has 3 heteroatoms. The lowest BCUT2D eigenvalue weighted by atomic mass is 9.78. The average molecular weight is 391 g/mol. The smallest absolute Gasteiger partial charge is 0.254 e. The maximum absolute atomic E-state index is 12.7. The number of rotatable bonds is 3. The van der Waals surface area contributed by atoms with Crippen LogP contribution in [0.2, 0.25) is 0 Å². The molecule has 0 N–H and O–H groups in total. The van der Waals surface area contributed by atoms with E-state index in [1.165, 1.54) is 11.1 Å². The maximum atomic E-state index is 12.7. The second kappa shape index (κ2) is 5.79. The van der Waals surface area contributed by atoms with Crippen molar-refractivity contribution < 1.29 is 4.79 Å². The van der Waals surface area contributed by atoms with Gasteiger partial charge in [0.15, 0.2) is 0 Å². The third-order valence-electron chi connectivity index (χ3n) is 4.15. The molecule has 3 rings (SSSR count). The van der Waals surface area contributed by atoms with Crippen LogP contribution in [-0.2, 0) is 12.0 Å². The van der Waals surface area contributed by atoms with Gasteiger partial charge >= 0.3 is 0 Å². The third kappa shape index (κ3) is 2.71. The molecule has 108 valence electrons. The van der Waals surface area contributed by atoms with Crippen LogP contribution in [0.15, 0.2) is 54.6 Å². The average Bonchev–Trinajstić information content (AvgIpc) is 2.53. The van der Waals surface area contributed by atoms with Gasteiger partial charge in [0.2, 0.25) is 0 Å². The summed E-state index contributed by atoms with van der Waals surface area (Å²) in [7, 11) is 0. The number of amides is 1. The van der Waals surface area contributed by atoms with Crippen LogP contribution in [0, 0.1) is 0 Å². The Kier molecular flexibility index (Phi) is 4.02. The van der Waals surface area contributed by atoms with E-state index in [2.05, 4.69) is 47.7 Å². The minimum absolute atomic E-state index is 0.0276. The number of carbonyl (C=O) groups is 1. The highest BCUT2D eigenvalue weighted by atomic mass is 127. The molecule has 1 heterocycles. The fourth-order valence-electron chi connectivity index (χ4n) is 2.99. The van der Waals surface area contributed by atoms with Crippen molar-refractivity contribution in [1.82, 2.24) is 4.90 Å². The Labute approximate surface area is 139 Å². The number of fused-ring (bicyclic) bond motifs is 1. The molecule has 0 aromatic heterocycles. The van der Waals surface area contributed by atoms with E-state index in [1.807, 2.05) is 41.3 Å². The molecule has 21 heavy (non-hydrogen) atoms. The summed E-state index contributed by atoms with van der Waals surface area (Å²) < 4.78 is 1.00. The van der Waals surface area contributed by atoms with Crippen molar-refractivity contribution in [3.05, 3.63) is 71.3 Å². The first-order valence-electron chi connectivity index (χ1n) is 7.13.